The molecule has 0 saturated heterocycles. The van der Waals surface area contributed by atoms with Gasteiger partial charge < -0.3 is 4.57 Å². The molecule has 0 atom stereocenters. The van der Waals surface area contributed by atoms with Crippen LogP contribution in [0.4, 0.5) is 5.13 Å². The molecule has 2 aromatic carbocycles. The predicted molar refractivity (Wildman–Crippen MR) is 121 cm³/mol. The summed E-state index contributed by atoms with van der Waals surface area (Å²) in [5.41, 5.74) is 2.90. The van der Waals surface area contributed by atoms with Crippen LogP contribution in [0.2, 0.25) is 0 Å². The second-order valence-corrected chi connectivity index (χ2v) is 7.60. The Labute approximate surface area is 180 Å². The Bertz CT molecular complexity index is 1060. The van der Waals surface area contributed by atoms with E-state index in [0.29, 0.717) is 12.1 Å². The molecular formula is C22H23ClN4OS. The highest BCUT2D eigenvalue weighted by molar-refractivity contribution is 7.22. The number of para-hydroxylation sites is 1. The minimum atomic E-state index is -0.0108. The van der Waals surface area contributed by atoms with E-state index >= 15 is 0 Å². The number of fused-ring (bicyclic) bond motifs is 1. The number of hydrogen-bond donors (Lipinski definition) is 0. The Morgan fingerprint density at radius 1 is 1.14 bits per heavy atom. The van der Waals surface area contributed by atoms with Gasteiger partial charge in [0.05, 0.1) is 16.5 Å². The van der Waals surface area contributed by atoms with Crippen LogP contribution in [0.25, 0.3) is 10.2 Å². The summed E-state index contributed by atoms with van der Waals surface area (Å²) in [4.78, 5) is 24.0. The molecule has 0 unspecified atom stereocenters. The molecule has 0 aliphatic rings. The standard InChI is InChI=1S/C22H22N4OS.ClH/c1-2-17-10-6-11-19-20(17)24-22(28-19)26(14-7-13-25-15-12-23-16-25)21(27)18-8-4-3-5-9-18;/h3-6,8-12,15-16H,2,7,13-14H2,1H3;1H. The van der Waals surface area contributed by atoms with Gasteiger partial charge in [0.15, 0.2) is 5.13 Å². The largest absolute Gasteiger partial charge is 0.337 e. The molecule has 0 fully saturated rings. The number of aromatic nitrogens is 3. The quantitative estimate of drug-likeness (QED) is 0.407. The molecule has 1 amide bonds. The molecule has 0 radical (unpaired) electrons. The van der Waals surface area contributed by atoms with Crippen molar-refractivity contribution in [1.29, 1.82) is 0 Å². The number of rotatable bonds is 7. The van der Waals surface area contributed by atoms with Gasteiger partial charge in [-0.15, -0.1) is 12.4 Å². The van der Waals surface area contributed by atoms with Crippen molar-refractivity contribution >= 4 is 45.0 Å². The van der Waals surface area contributed by atoms with Gasteiger partial charge in [-0.1, -0.05) is 48.6 Å². The number of halogens is 1. The fourth-order valence-electron chi connectivity index (χ4n) is 3.25. The van der Waals surface area contributed by atoms with E-state index in [-0.39, 0.29) is 18.3 Å². The Hall–Kier alpha value is -2.70. The highest BCUT2D eigenvalue weighted by Crippen LogP contribution is 2.32. The van der Waals surface area contributed by atoms with E-state index < -0.39 is 0 Å². The molecule has 4 rings (SSSR count). The van der Waals surface area contributed by atoms with Crippen LogP contribution in [0.3, 0.4) is 0 Å². The van der Waals surface area contributed by atoms with Crippen molar-refractivity contribution < 1.29 is 4.79 Å². The lowest BCUT2D eigenvalue weighted by molar-refractivity contribution is 0.0986. The van der Waals surface area contributed by atoms with Gasteiger partial charge in [-0.3, -0.25) is 9.69 Å². The Morgan fingerprint density at radius 3 is 2.69 bits per heavy atom. The summed E-state index contributed by atoms with van der Waals surface area (Å²) in [6.07, 6.45) is 7.26. The molecule has 0 aliphatic heterocycles. The Balaban J connectivity index is 0.00000240. The average Bonchev–Trinajstić information content (AvgIpc) is 3.40. The fourth-order valence-corrected chi connectivity index (χ4v) is 4.28. The minimum Gasteiger partial charge on any atom is -0.337 e. The van der Waals surface area contributed by atoms with Gasteiger partial charge in [0.25, 0.3) is 5.91 Å². The van der Waals surface area contributed by atoms with E-state index in [4.69, 9.17) is 4.98 Å². The number of nitrogens with zero attached hydrogens (tertiary/aromatic N) is 4. The maximum absolute atomic E-state index is 13.2. The van der Waals surface area contributed by atoms with Gasteiger partial charge in [0, 0.05) is 31.0 Å². The van der Waals surface area contributed by atoms with Gasteiger partial charge in [-0.25, -0.2) is 9.97 Å². The normalized spacial score (nSPS) is 10.7. The van der Waals surface area contributed by atoms with Crippen molar-refractivity contribution in [3.63, 3.8) is 0 Å². The lowest BCUT2D eigenvalue weighted by Crippen LogP contribution is -2.32. The number of thiazole rings is 1. The molecule has 5 nitrogen and oxygen atoms in total. The van der Waals surface area contributed by atoms with Crippen LogP contribution in [0.5, 0.6) is 0 Å². The number of benzene rings is 2. The zero-order chi connectivity index (χ0) is 19.3. The lowest BCUT2D eigenvalue weighted by atomic mass is 10.1. The van der Waals surface area contributed by atoms with Gasteiger partial charge in [0.1, 0.15) is 0 Å². The summed E-state index contributed by atoms with van der Waals surface area (Å²) in [7, 11) is 0. The summed E-state index contributed by atoms with van der Waals surface area (Å²) in [5.74, 6) is -0.0108. The van der Waals surface area contributed by atoms with Gasteiger partial charge in [-0.05, 0) is 36.6 Å². The van der Waals surface area contributed by atoms with Crippen molar-refractivity contribution in [2.75, 3.05) is 11.4 Å². The van der Waals surface area contributed by atoms with Crippen molar-refractivity contribution in [2.24, 2.45) is 0 Å². The molecule has 2 heterocycles. The zero-order valence-electron chi connectivity index (χ0n) is 16.2. The van der Waals surface area contributed by atoms with Crippen LogP contribution in [0, 0.1) is 0 Å². The SMILES string of the molecule is CCc1cccc2sc(N(CCCn3ccnc3)C(=O)c3ccccc3)nc12.Cl. The maximum Gasteiger partial charge on any atom is 0.260 e. The van der Waals surface area contributed by atoms with Crippen LogP contribution < -0.4 is 4.90 Å². The van der Waals surface area contributed by atoms with Gasteiger partial charge in [-0.2, -0.15) is 0 Å². The van der Waals surface area contributed by atoms with Crippen LogP contribution >= 0.6 is 23.7 Å². The summed E-state index contributed by atoms with van der Waals surface area (Å²) in [5, 5.41) is 0.760. The van der Waals surface area contributed by atoms with Crippen molar-refractivity contribution in [1.82, 2.24) is 14.5 Å². The topological polar surface area (TPSA) is 51.0 Å². The molecule has 29 heavy (non-hydrogen) atoms. The number of anilines is 1. The van der Waals surface area contributed by atoms with E-state index in [9.17, 15) is 4.79 Å². The highest BCUT2D eigenvalue weighted by Gasteiger charge is 2.21. The third-order valence-electron chi connectivity index (χ3n) is 4.73. The Morgan fingerprint density at radius 2 is 1.97 bits per heavy atom. The summed E-state index contributed by atoms with van der Waals surface area (Å²) in [6.45, 7) is 3.54. The number of carbonyl (C=O) groups excluding carboxylic acids is 1. The molecule has 0 N–H and O–H groups in total. The number of aryl methyl sites for hydroxylation is 2. The summed E-state index contributed by atoms with van der Waals surface area (Å²) in [6, 6.07) is 15.7. The van der Waals surface area contributed by atoms with Gasteiger partial charge >= 0.3 is 0 Å². The number of amides is 1. The minimum absolute atomic E-state index is 0. The molecule has 150 valence electrons. The number of hydrogen-bond acceptors (Lipinski definition) is 4. The summed E-state index contributed by atoms with van der Waals surface area (Å²) >= 11 is 1.58. The second kappa shape index (κ2) is 9.67. The highest BCUT2D eigenvalue weighted by atomic mass is 35.5. The molecule has 0 spiro atoms. The Kier molecular flexibility index (Phi) is 7.01. The van der Waals surface area contributed by atoms with E-state index in [1.165, 1.54) is 5.56 Å². The third-order valence-corrected chi connectivity index (χ3v) is 5.77. The molecule has 0 bridgehead atoms. The first-order valence-corrected chi connectivity index (χ1v) is 10.3. The zero-order valence-corrected chi connectivity index (χ0v) is 17.8. The van der Waals surface area contributed by atoms with Crippen LogP contribution in [0.1, 0.15) is 29.3 Å². The molecule has 0 saturated carbocycles. The van der Waals surface area contributed by atoms with Crippen molar-refractivity contribution in [3.8, 4) is 0 Å². The molecule has 4 aromatic rings. The molecular weight excluding hydrogens is 404 g/mol. The van der Waals surface area contributed by atoms with Crippen LogP contribution in [-0.2, 0) is 13.0 Å². The van der Waals surface area contributed by atoms with Crippen molar-refractivity contribution in [2.45, 2.75) is 26.3 Å². The maximum atomic E-state index is 13.2. The van der Waals surface area contributed by atoms with Crippen LogP contribution in [0.15, 0.2) is 67.3 Å². The fraction of sp³-hybridized carbons (Fsp3) is 0.227. The van der Waals surface area contributed by atoms with Crippen molar-refractivity contribution in [3.05, 3.63) is 78.4 Å². The third kappa shape index (κ3) is 4.66. The monoisotopic (exact) mass is 426 g/mol. The number of imidazole rings is 1. The van der Waals surface area contributed by atoms with Crippen LogP contribution in [-0.4, -0.2) is 27.0 Å². The van der Waals surface area contributed by atoms with E-state index in [1.54, 1.807) is 23.9 Å². The van der Waals surface area contributed by atoms with E-state index in [1.807, 2.05) is 46.0 Å². The molecule has 2 aromatic heterocycles. The second-order valence-electron chi connectivity index (χ2n) is 6.59. The average molecular weight is 427 g/mol. The molecule has 7 heteroatoms. The lowest BCUT2D eigenvalue weighted by Gasteiger charge is -2.20. The first kappa shape index (κ1) is 21.0. The number of carbonyl (C=O) groups is 1. The predicted octanol–water partition coefficient (Wildman–Crippen LogP) is 5.21. The van der Waals surface area contributed by atoms with Gasteiger partial charge in [0.2, 0.25) is 0 Å². The first-order chi connectivity index (χ1) is 13.8. The first-order valence-electron chi connectivity index (χ1n) is 9.47. The smallest absolute Gasteiger partial charge is 0.260 e. The summed E-state index contributed by atoms with van der Waals surface area (Å²) < 4.78 is 3.15. The van der Waals surface area contributed by atoms with E-state index in [0.717, 1.165) is 34.7 Å². The molecule has 0 aliphatic carbocycles. The van der Waals surface area contributed by atoms with E-state index in [2.05, 4.69) is 30.1 Å².